The van der Waals surface area contributed by atoms with E-state index in [1.54, 1.807) is 48.2 Å². The fourth-order valence-electron chi connectivity index (χ4n) is 5.02. The Morgan fingerprint density at radius 3 is 2.62 bits per heavy atom. The fraction of sp³-hybridized carbons (Fsp3) is 0.481. The van der Waals surface area contributed by atoms with Crippen LogP contribution in [-0.4, -0.2) is 92.6 Å². The van der Waals surface area contributed by atoms with Crippen molar-refractivity contribution in [1.82, 2.24) is 24.4 Å². The van der Waals surface area contributed by atoms with Crippen molar-refractivity contribution in [3.63, 3.8) is 0 Å². The van der Waals surface area contributed by atoms with Gasteiger partial charge in [-0.2, -0.15) is 5.10 Å². The number of rotatable bonds is 8. The quantitative estimate of drug-likeness (QED) is 0.452. The number of anilines is 2. The predicted molar refractivity (Wildman–Crippen MR) is 142 cm³/mol. The van der Waals surface area contributed by atoms with Gasteiger partial charge in [-0.15, -0.1) is 0 Å². The molecule has 0 unspecified atom stereocenters. The van der Waals surface area contributed by atoms with E-state index in [-0.39, 0.29) is 18.4 Å². The number of piperazine rings is 1. The number of alkyl halides is 2. The van der Waals surface area contributed by atoms with Gasteiger partial charge in [0.1, 0.15) is 5.56 Å². The van der Waals surface area contributed by atoms with Crippen LogP contribution in [0.4, 0.5) is 20.2 Å². The van der Waals surface area contributed by atoms with Crippen LogP contribution in [0.2, 0.25) is 0 Å². The van der Waals surface area contributed by atoms with E-state index in [9.17, 15) is 23.5 Å². The van der Waals surface area contributed by atoms with Gasteiger partial charge >= 0.3 is 0 Å². The van der Waals surface area contributed by atoms with Gasteiger partial charge in [0.15, 0.2) is 5.65 Å². The predicted octanol–water partition coefficient (Wildman–Crippen LogP) is 2.73. The maximum absolute atomic E-state index is 13.4. The third-order valence-corrected chi connectivity index (χ3v) is 7.68. The molecule has 0 bridgehead atoms. The number of amides is 2. The number of fused-ring (bicyclic) bond motifs is 2. The molecule has 10 nitrogen and oxygen atoms in total. The van der Waals surface area contributed by atoms with Crippen molar-refractivity contribution >= 4 is 28.8 Å². The molecule has 0 spiro atoms. The fourth-order valence-corrected chi connectivity index (χ4v) is 5.02. The molecule has 2 N–H and O–H groups in total. The van der Waals surface area contributed by atoms with Crippen LogP contribution in [0.1, 0.15) is 47.1 Å². The van der Waals surface area contributed by atoms with E-state index in [0.717, 1.165) is 5.56 Å². The number of halogens is 2. The number of aromatic nitrogens is 3. The Kier molecular flexibility index (Phi) is 7.25. The average molecular weight is 542 g/mol. The number of carbonyl (C=O) groups excluding carboxylic acids is 2. The van der Waals surface area contributed by atoms with Gasteiger partial charge in [-0.05, 0) is 37.6 Å². The van der Waals surface area contributed by atoms with Crippen LogP contribution in [0.15, 0.2) is 36.8 Å². The molecule has 5 rings (SSSR count). The molecule has 0 saturated carbocycles. The van der Waals surface area contributed by atoms with Crippen molar-refractivity contribution < 1.29 is 23.5 Å². The number of hydrogen-bond donors (Lipinski definition) is 2. The van der Waals surface area contributed by atoms with E-state index in [2.05, 4.69) is 15.4 Å². The third kappa shape index (κ3) is 5.57. The zero-order valence-corrected chi connectivity index (χ0v) is 22.3. The summed E-state index contributed by atoms with van der Waals surface area (Å²) in [6, 6.07) is 5.33. The van der Waals surface area contributed by atoms with E-state index in [1.807, 2.05) is 17.9 Å². The Morgan fingerprint density at radius 2 is 1.92 bits per heavy atom. The summed E-state index contributed by atoms with van der Waals surface area (Å²) in [5.41, 5.74) is 2.28. The summed E-state index contributed by atoms with van der Waals surface area (Å²) in [5.74, 6) is -0.679. The van der Waals surface area contributed by atoms with Crippen molar-refractivity contribution in [3.05, 3.63) is 53.5 Å². The van der Waals surface area contributed by atoms with Gasteiger partial charge in [0.25, 0.3) is 18.2 Å². The van der Waals surface area contributed by atoms with Crippen LogP contribution in [0.25, 0.3) is 5.65 Å². The highest BCUT2D eigenvalue weighted by Crippen LogP contribution is 2.36. The van der Waals surface area contributed by atoms with Crippen LogP contribution in [0.5, 0.6) is 0 Å². The van der Waals surface area contributed by atoms with Gasteiger partial charge in [0.05, 0.1) is 29.7 Å². The van der Waals surface area contributed by atoms with Crippen molar-refractivity contribution in [2.45, 2.75) is 39.3 Å². The molecule has 2 amide bonds. The lowest BCUT2D eigenvalue weighted by Gasteiger charge is -2.37. The first kappa shape index (κ1) is 26.9. The highest BCUT2D eigenvalue weighted by atomic mass is 19.3. The van der Waals surface area contributed by atoms with Gasteiger partial charge in [-0.25, -0.2) is 18.3 Å². The molecule has 1 saturated heterocycles. The van der Waals surface area contributed by atoms with Crippen LogP contribution in [0, 0.1) is 5.92 Å². The Hall–Kier alpha value is -3.64. The maximum atomic E-state index is 13.4. The second-order valence-corrected chi connectivity index (χ2v) is 10.8. The summed E-state index contributed by atoms with van der Waals surface area (Å²) in [7, 11) is 0. The standard InChI is InChI=1S/C27H33F2N7O3/c1-17(27(2,3)39)14-35-15-18-11-21(32-25(37)20-13-31-36-6-4-5-30-24(20)36)22(12-19(18)26(35)38)34-9-7-33(8-10-34)16-23(28)29/h4-6,11-13,17,23,39H,7-10,14-16H2,1-3H3,(H,32,37)/t17-/m1/s1. The smallest absolute Gasteiger partial charge is 0.261 e. The van der Waals surface area contributed by atoms with Gasteiger partial charge in [0, 0.05) is 63.1 Å². The number of hydrogen-bond acceptors (Lipinski definition) is 7. The van der Waals surface area contributed by atoms with Gasteiger partial charge in [0.2, 0.25) is 0 Å². The average Bonchev–Trinajstić information content (AvgIpc) is 3.44. The molecule has 2 aromatic heterocycles. The van der Waals surface area contributed by atoms with E-state index >= 15 is 0 Å². The summed E-state index contributed by atoms with van der Waals surface area (Å²) in [6.45, 7) is 7.63. The second kappa shape index (κ2) is 10.5. The molecule has 208 valence electrons. The second-order valence-electron chi connectivity index (χ2n) is 10.8. The van der Waals surface area contributed by atoms with Gasteiger partial charge in [-0.3, -0.25) is 14.5 Å². The van der Waals surface area contributed by atoms with Crippen molar-refractivity contribution in [1.29, 1.82) is 0 Å². The Bertz CT molecular complexity index is 1380. The van der Waals surface area contributed by atoms with Crippen LogP contribution in [0.3, 0.4) is 0 Å². The molecule has 0 radical (unpaired) electrons. The molecule has 2 aliphatic rings. The van der Waals surface area contributed by atoms with E-state index < -0.39 is 17.9 Å². The Labute approximate surface area is 225 Å². The highest BCUT2D eigenvalue weighted by molar-refractivity contribution is 6.10. The first-order valence-electron chi connectivity index (χ1n) is 13.0. The van der Waals surface area contributed by atoms with Crippen LogP contribution >= 0.6 is 0 Å². The summed E-state index contributed by atoms with van der Waals surface area (Å²) in [4.78, 5) is 36.4. The topological polar surface area (TPSA) is 106 Å². The van der Waals surface area contributed by atoms with Gasteiger partial charge in [-0.1, -0.05) is 6.92 Å². The van der Waals surface area contributed by atoms with Crippen molar-refractivity contribution in [2.75, 3.05) is 49.5 Å². The molecule has 3 aromatic rings. The first-order chi connectivity index (χ1) is 18.5. The summed E-state index contributed by atoms with van der Waals surface area (Å²) in [5, 5.41) is 17.6. The molecule has 4 heterocycles. The molecule has 1 atom stereocenters. The SMILES string of the molecule is C[C@H](CN1Cc2cc(NC(=O)c3cnn4cccnc34)c(N3CCN(CC(F)F)CC3)cc2C1=O)C(C)(C)O. The number of carbonyl (C=O) groups is 2. The first-order valence-corrected chi connectivity index (χ1v) is 13.0. The van der Waals surface area contributed by atoms with Gasteiger partial charge < -0.3 is 20.2 Å². The molecule has 1 fully saturated rings. The minimum absolute atomic E-state index is 0.136. The van der Waals surface area contributed by atoms with Crippen LogP contribution < -0.4 is 10.2 Å². The van der Waals surface area contributed by atoms with Crippen molar-refractivity contribution in [2.24, 2.45) is 5.92 Å². The molecular weight excluding hydrogens is 508 g/mol. The highest BCUT2D eigenvalue weighted by Gasteiger charge is 2.34. The van der Waals surface area contributed by atoms with Crippen molar-refractivity contribution in [3.8, 4) is 0 Å². The zero-order valence-electron chi connectivity index (χ0n) is 22.3. The third-order valence-electron chi connectivity index (χ3n) is 7.68. The number of benzene rings is 1. The minimum Gasteiger partial charge on any atom is -0.390 e. The molecular formula is C27H33F2N7O3. The van der Waals surface area contributed by atoms with E-state index in [0.29, 0.717) is 67.4 Å². The minimum atomic E-state index is -2.40. The molecule has 39 heavy (non-hydrogen) atoms. The van der Waals surface area contributed by atoms with Crippen LogP contribution in [-0.2, 0) is 6.54 Å². The molecule has 12 heteroatoms. The summed E-state index contributed by atoms with van der Waals surface area (Å²) < 4.78 is 27.3. The molecule has 2 aliphatic heterocycles. The number of nitrogens with zero attached hydrogens (tertiary/aromatic N) is 6. The molecule has 1 aromatic carbocycles. The Morgan fingerprint density at radius 1 is 1.18 bits per heavy atom. The summed E-state index contributed by atoms with van der Waals surface area (Å²) >= 11 is 0. The Balaban J connectivity index is 1.45. The normalized spacial score (nSPS) is 17.3. The van der Waals surface area contributed by atoms with E-state index in [4.69, 9.17) is 0 Å². The lowest BCUT2D eigenvalue weighted by atomic mass is 9.92. The maximum Gasteiger partial charge on any atom is 0.261 e. The number of aliphatic hydroxyl groups is 1. The zero-order chi connectivity index (χ0) is 27.9. The lowest BCUT2D eigenvalue weighted by Crippen LogP contribution is -2.48. The summed E-state index contributed by atoms with van der Waals surface area (Å²) in [6.07, 6.45) is 2.34. The monoisotopic (exact) mass is 541 g/mol. The largest absolute Gasteiger partial charge is 0.390 e. The molecule has 0 aliphatic carbocycles. The lowest BCUT2D eigenvalue weighted by molar-refractivity contribution is 0.00983. The number of nitrogens with one attached hydrogen (secondary N) is 1. The van der Waals surface area contributed by atoms with E-state index in [1.165, 1.54) is 10.7 Å².